The highest BCUT2D eigenvalue weighted by atomic mass is 16.3. The summed E-state index contributed by atoms with van der Waals surface area (Å²) >= 11 is 0. The van der Waals surface area contributed by atoms with Crippen molar-refractivity contribution in [3.05, 3.63) is 23.8 Å². The molecule has 0 spiro atoms. The lowest BCUT2D eigenvalue weighted by Crippen LogP contribution is -2.28. The molecule has 0 aliphatic carbocycles. The molecule has 1 unspecified atom stereocenters. The third-order valence-electron chi connectivity index (χ3n) is 3.80. The molecular formula is C16H25N3O2. The molecule has 1 amide bonds. The van der Waals surface area contributed by atoms with E-state index in [1.165, 1.54) is 0 Å². The number of hydrogen-bond donors (Lipinski definition) is 3. The lowest BCUT2D eigenvalue weighted by Gasteiger charge is -2.23. The molecule has 1 heterocycles. The van der Waals surface area contributed by atoms with E-state index in [9.17, 15) is 4.79 Å². The van der Waals surface area contributed by atoms with E-state index in [4.69, 9.17) is 5.11 Å². The highest BCUT2D eigenvalue weighted by molar-refractivity contribution is 6.03. The summed E-state index contributed by atoms with van der Waals surface area (Å²) in [7, 11) is 0. The van der Waals surface area contributed by atoms with Crippen LogP contribution in [-0.2, 0) is 4.79 Å². The lowest BCUT2D eigenvalue weighted by molar-refractivity contribution is -0.117. The summed E-state index contributed by atoms with van der Waals surface area (Å²) in [6.07, 6.45) is 1.75. The minimum atomic E-state index is -0.235. The van der Waals surface area contributed by atoms with E-state index >= 15 is 0 Å². The van der Waals surface area contributed by atoms with Crippen molar-refractivity contribution >= 4 is 17.3 Å². The quantitative estimate of drug-likeness (QED) is 0.684. The maximum absolute atomic E-state index is 12.0. The molecular weight excluding hydrogens is 266 g/mol. The number of aliphatic hydroxyl groups is 1. The molecule has 0 saturated carbocycles. The molecule has 0 radical (unpaired) electrons. The summed E-state index contributed by atoms with van der Waals surface area (Å²) in [5, 5.41) is 15.2. The average Bonchev–Trinajstić information content (AvgIpc) is 2.80. The molecule has 0 saturated heterocycles. The predicted octanol–water partition coefficient (Wildman–Crippen LogP) is 1.89. The van der Waals surface area contributed by atoms with Gasteiger partial charge in [-0.2, -0.15) is 0 Å². The van der Waals surface area contributed by atoms with Crippen molar-refractivity contribution < 1.29 is 9.90 Å². The molecule has 1 aromatic rings. The van der Waals surface area contributed by atoms with Gasteiger partial charge in [0.25, 0.3) is 0 Å². The van der Waals surface area contributed by atoms with E-state index in [2.05, 4.69) is 35.4 Å². The minimum Gasteiger partial charge on any atom is -0.396 e. The van der Waals surface area contributed by atoms with Gasteiger partial charge in [-0.05, 0) is 38.4 Å². The number of carbonyl (C=O) groups excluding carboxylic acids is 1. The number of nitrogens with zero attached hydrogens (tertiary/aromatic N) is 1. The first-order valence-corrected chi connectivity index (χ1v) is 7.75. The van der Waals surface area contributed by atoms with Crippen molar-refractivity contribution in [3.8, 4) is 0 Å². The Labute approximate surface area is 126 Å². The van der Waals surface area contributed by atoms with E-state index in [0.717, 1.165) is 49.4 Å². The number of nitrogens with one attached hydrogen (secondary N) is 2. The van der Waals surface area contributed by atoms with Crippen LogP contribution in [-0.4, -0.2) is 37.3 Å². The second-order valence-electron chi connectivity index (χ2n) is 5.30. The maximum atomic E-state index is 12.0. The number of hydrogen-bond acceptors (Lipinski definition) is 4. The number of fused-ring (bicyclic) bond motifs is 1. The first-order valence-electron chi connectivity index (χ1n) is 7.75. The molecule has 0 fully saturated rings. The predicted molar refractivity (Wildman–Crippen MR) is 85.7 cm³/mol. The Kier molecular flexibility index (Phi) is 5.59. The van der Waals surface area contributed by atoms with Gasteiger partial charge in [0.2, 0.25) is 5.91 Å². The zero-order valence-electron chi connectivity index (χ0n) is 12.9. The van der Waals surface area contributed by atoms with Crippen LogP contribution in [0.1, 0.15) is 38.3 Å². The van der Waals surface area contributed by atoms with Crippen molar-refractivity contribution in [2.24, 2.45) is 0 Å². The third-order valence-corrected chi connectivity index (χ3v) is 3.80. The monoisotopic (exact) mass is 291 g/mol. The van der Waals surface area contributed by atoms with Gasteiger partial charge < -0.3 is 20.6 Å². The number of rotatable bonds is 8. The topological polar surface area (TPSA) is 64.6 Å². The zero-order valence-corrected chi connectivity index (χ0v) is 12.9. The molecule has 1 aliphatic rings. The van der Waals surface area contributed by atoms with Crippen molar-refractivity contribution in [1.82, 2.24) is 5.32 Å². The fraction of sp³-hybridized carbons (Fsp3) is 0.562. The van der Waals surface area contributed by atoms with Crippen LogP contribution in [0.15, 0.2) is 18.2 Å². The molecule has 1 atom stereocenters. The standard InChI is InChI=1S/C16H25N3O2/c1-3-8-17-15-13-7-6-12(11-14(13)18-16(15)21)19(4-2)9-5-10-20/h6-7,11,15,17,20H,3-5,8-10H2,1-2H3,(H,18,21). The Bertz CT molecular complexity index is 490. The third kappa shape index (κ3) is 3.54. The fourth-order valence-corrected chi connectivity index (χ4v) is 2.67. The largest absolute Gasteiger partial charge is 0.396 e. The van der Waals surface area contributed by atoms with Crippen LogP contribution >= 0.6 is 0 Å². The summed E-state index contributed by atoms with van der Waals surface area (Å²) in [5.41, 5.74) is 3.00. The average molecular weight is 291 g/mol. The molecule has 2 rings (SSSR count). The Morgan fingerprint density at radius 2 is 2.19 bits per heavy atom. The normalized spacial score (nSPS) is 16.7. The number of benzene rings is 1. The van der Waals surface area contributed by atoms with Crippen LogP contribution in [0.5, 0.6) is 0 Å². The van der Waals surface area contributed by atoms with Crippen molar-refractivity contribution in [1.29, 1.82) is 0 Å². The van der Waals surface area contributed by atoms with Gasteiger partial charge in [0.05, 0.1) is 0 Å². The van der Waals surface area contributed by atoms with Crippen LogP contribution in [0, 0.1) is 0 Å². The molecule has 3 N–H and O–H groups in total. The first-order chi connectivity index (χ1) is 10.2. The SMILES string of the molecule is CCCNC1C(=O)Nc2cc(N(CC)CCCO)ccc21. The lowest BCUT2D eigenvalue weighted by atomic mass is 10.1. The number of carbonyl (C=O) groups is 1. The second kappa shape index (κ2) is 7.43. The van der Waals surface area contributed by atoms with Gasteiger partial charge in [0, 0.05) is 36.6 Å². The molecule has 0 aromatic heterocycles. The highest BCUT2D eigenvalue weighted by Crippen LogP contribution is 2.34. The summed E-state index contributed by atoms with van der Waals surface area (Å²) in [4.78, 5) is 14.2. The molecule has 0 bridgehead atoms. The van der Waals surface area contributed by atoms with Gasteiger partial charge in [-0.1, -0.05) is 13.0 Å². The number of amides is 1. The molecule has 5 nitrogen and oxygen atoms in total. The Morgan fingerprint density at radius 1 is 1.38 bits per heavy atom. The molecule has 21 heavy (non-hydrogen) atoms. The van der Waals surface area contributed by atoms with Gasteiger partial charge in [0.1, 0.15) is 6.04 Å². The smallest absolute Gasteiger partial charge is 0.246 e. The fourth-order valence-electron chi connectivity index (χ4n) is 2.67. The van der Waals surface area contributed by atoms with Gasteiger partial charge in [-0.15, -0.1) is 0 Å². The highest BCUT2D eigenvalue weighted by Gasteiger charge is 2.30. The molecule has 116 valence electrons. The van der Waals surface area contributed by atoms with Crippen LogP contribution in [0.4, 0.5) is 11.4 Å². The summed E-state index contributed by atoms with van der Waals surface area (Å²) < 4.78 is 0. The van der Waals surface area contributed by atoms with E-state index in [1.54, 1.807) is 0 Å². The number of anilines is 2. The van der Waals surface area contributed by atoms with Crippen molar-refractivity contribution in [2.75, 3.05) is 36.5 Å². The Hall–Kier alpha value is -1.59. The zero-order chi connectivity index (χ0) is 15.2. The van der Waals surface area contributed by atoms with E-state index < -0.39 is 0 Å². The van der Waals surface area contributed by atoms with Crippen molar-refractivity contribution in [2.45, 2.75) is 32.7 Å². The number of aliphatic hydroxyl groups excluding tert-OH is 1. The summed E-state index contributed by atoms with van der Waals surface area (Å²) in [5.74, 6) is 0.0222. The van der Waals surface area contributed by atoms with Gasteiger partial charge in [0.15, 0.2) is 0 Å². The van der Waals surface area contributed by atoms with E-state index in [1.807, 2.05) is 12.1 Å². The van der Waals surface area contributed by atoms with Gasteiger partial charge >= 0.3 is 0 Å². The molecule has 1 aromatic carbocycles. The van der Waals surface area contributed by atoms with Crippen LogP contribution in [0.25, 0.3) is 0 Å². The second-order valence-corrected chi connectivity index (χ2v) is 5.30. The maximum Gasteiger partial charge on any atom is 0.246 e. The van der Waals surface area contributed by atoms with Crippen LogP contribution < -0.4 is 15.5 Å². The minimum absolute atomic E-state index is 0.0222. The van der Waals surface area contributed by atoms with Gasteiger partial charge in [-0.3, -0.25) is 4.79 Å². The van der Waals surface area contributed by atoms with Gasteiger partial charge in [-0.25, -0.2) is 0 Å². The molecule has 1 aliphatic heterocycles. The molecule has 5 heteroatoms. The van der Waals surface area contributed by atoms with Crippen LogP contribution in [0.3, 0.4) is 0 Å². The Balaban J connectivity index is 2.16. The Morgan fingerprint density at radius 3 is 2.86 bits per heavy atom. The summed E-state index contributed by atoms with van der Waals surface area (Å²) in [6, 6.07) is 5.88. The summed E-state index contributed by atoms with van der Waals surface area (Å²) in [6.45, 7) is 6.90. The van der Waals surface area contributed by atoms with Crippen LogP contribution in [0.2, 0.25) is 0 Å². The van der Waals surface area contributed by atoms with Crippen molar-refractivity contribution in [3.63, 3.8) is 0 Å². The first kappa shape index (κ1) is 15.8. The van der Waals surface area contributed by atoms with E-state index in [-0.39, 0.29) is 18.6 Å². The van der Waals surface area contributed by atoms with E-state index in [0.29, 0.717) is 0 Å².